The molecule has 1 aromatic rings. The van der Waals surface area contributed by atoms with E-state index in [2.05, 4.69) is 27.3 Å². The van der Waals surface area contributed by atoms with Crippen molar-refractivity contribution in [2.24, 2.45) is 0 Å². The summed E-state index contributed by atoms with van der Waals surface area (Å²) in [7, 11) is 0. The smallest absolute Gasteiger partial charge is 0.233 e. The Labute approximate surface area is 121 Å². The molecule has 0 bridgehead atoms. The van der Waals surface area contributed by atoms with Crippen LogP contribution >= 0.6 is 0 Å². The minimum atomic E-state index is 0.626. The van der Waals surface area contributed by atoms with Gasteiger partial charge in [0.25, 0.3) is 0 Å². The molecule has 20 heavy (non-hydrogen) atoms. The lowest BCUT2D eigenvalue weighted by molar-refractivity contribution is 0.179. The predicted octanol–water partition coefficient (Wildman–Crippen LogP) is 1.84. The molecule has 0 aliphatic carbocycles. The van der Waals surface area contributed by atoms with Crippen molar-refractivity contribution in [3.05, 3.63) is 17.8 Å². The van der Waals surface area contributed by atoms with E-state index in [1.54, 1.807) is 0 Å². The molecule has 0 aromatic carbocycles. The molecule has 0 saturated carbocycles. The van der Waals surface area contributed by atoms with Crippen LogP contribution in [-0.2, 0) is 6.54 Å². The van der Waals surface area contributed by atoms with Crippen LogP contribution in [0.15, 0.2) is 12.1 Å². The van der Waals surface area contributed by atoms with E-state index in [9.17, 15) is 0 Å². The number of piperidine rings is 1. The third-order valence-electron chi connectivity index (χ3n) is 3.53. The summed E-state index contributed by atoms with van der Waals surface area (Å²) in [5.74, 6) is 0.626. The second-order valence-corrected chi connectivity index (χ2v) is 5.29. The Bertz CT molecular complexity index is 363. The average molecular weight is 278 g/mol. The first kappa shape index (κ1) is 15.2. The van der Waals surface area contributed by atoms with E-state index in [1.165, 1.54) is 32.4 Å². The molecule has 0 spiro atoms. The number of hydrogen-bond acceptors (Lipinski definition) is 5. The predicted molar refractivity (Wildman–Crippen MR) is 79.8 cm³/mol. The van der Waals surface area contributed by atoms with Gasteiger partial charge in [-0.1, -0.05) is 13.3 Å². The van der Waals surface area contributed by atoms with E-state index in [1.807, 2.05) is 12.1 Å². The minimum absolute atomic E-state index is 0.626. The molecular formula is C15H26N4O. The number of hydrogen-bond donors (Lipinski definition) is 1. The number of nitrogens with one attached hydrogen (secondary N) is 1. The molecule has 1 fully saturated rings. The third-order valence-corrected chi connectivity index (χ3v) is 3.53. The molecule has 5 nitrogen and oxygen atoms in total. The highest BCUT2D eigenvalue weighted by atomic mass is 16.5. The Balaban J connectivity index is 1.65. The van der Waals surface area contributed by atoms with Gasteiger partial charge >= 0.3 is 0 Å². The summed E-state index contributed by atoms with van der Waals surface area (Å²) in [5, 5.41) is 11.6. The van der Waals surface area contributed by atoms with E-state index in [-0.39, 0.29) is 0 Å². The minimum Gasteiger partial charge on any atom is -0.475 e. The van der Waals surface area contributed by atoms with Crippen LogP contribution in [0.25, 0.3) is 0 Å². The van der Waals surface area contributed by atoms with Gasteiger partial charge in [-0.3, -0.25) is 4.90 Å². The summed E-state index contributed by atoms with van der Waals surface area (Å²) in [6.45, 7) is 8.03. The average Bonchev–Trinajstić information content (AvgIpc) is 2.50. The van der Waals surface area contributed by atoms with Crippen molar-refractivity contribution in [1.82, 2.24) is 20.4 Å². The fourth-order valence-electron chi connectivity index (χ4n) is 2.37. The van der Waals surface area contributed by atoms with E-state index in [0.29, 0.717) is 12.5 Å². The molecule has 1 N–H and O–H groups in total. The van der Waals surface area contributed by atoms with E-state index >= 15 is 0 Å². The zero-order valence-electron chi connectivity index (χ0n) is 12.5. The molecule has 0 unspecified atom stereocenters. The Hall–Kier alpha value is -1.20. The van der Waals surface area contributed by atoms with Crippen molar-refractivity contribution in [3.8, 4) is 5.88 Å². The molecule has 5 heteroatoms. The van der Waals surface area contributed by atoms with Gasteiger partial charge in [-0.05, 0) is 45.0 Å². The van der Waals surface area contributed by atoms with Crippen LogP contribution in [0.5, 0.6) is 5.88 Å². The molecule has 1 aliphatic heterocycles. The molecule has 0 radical (unpaired) electrons. The summed E-state index contributed by atoms with van der Waals surface area (Å²) < 4.78 is 5.65. The highest BCUT2D eigenvalue weighted by molar-refractivity contribution is 5.11. The number of nitrogens with zero attached hydrogens (tertiary/aromatic N) is 3. The molecule has 2 rings (SSSR count). The van der Waals surface area contributed by atoms with Crippen molar-refractivity contribution in [1.29, 1.82) is 0 Å². The molecule has 2 heterocycles. The van der Waals surface area contributed by atoms with Gasteiger partial charge in [-0.15, -0.1) is 5.10 Å². The molecule has 1 aromatic heterocycles. The fraction of sp³-hybridized carbons (Fsp3) is 0.733. The molecule has 0 atom stereocenters. The SMILES string of the molecule is CCCNCc1ccc(OCCN2CCCCC2)nn1. The summed E-state index contributed by atoms with van der Waals surface area (Å²) >= 11 is 0. The summed E-state index contributed by atoms with van der Waals surface area (Å²) in [6, 6.07) is 3.89. The van der Waals surface area contributed by atoms with Gasteiger partial charge in [0.1, 0.15) is 6.61 Å². The van der Waals surface area contributed by atoms with E-state index in [0.717, 1.165) is 31.7 Å². The maximum atomic E-state index is 5.65. The molecular weight excluding hydrogens is 252 g/mol. The summed E-state index contributed by atoms with van der Waals surface area (Å²) in [6.07, 6.45) is 5.14. The Morgan fingerprint density at radius 1 is 1.20 bits per heavy atom. The van der Waals surface area contributed by atoms with Crippen LogP contribution in [0.2, 0.25) is 0 Å². The first-order valence-corrected chi connectivity index (χ1v) is 7.77. The number of likely N-dealkylation sites (tertiary alicyclic amines) is 1. The Kier molecular flexibility index (Phi) is 6.74. The molecule has 0 amide bonds. The van der Waals surface area contributed by atoms with Crippen molar-refractivity contribution in [2.75, 3.05) is 32.8 Å². The fourth-order valence-corrected chi connectivity index (χ4v) is 2.37. The van der Waals surface area contributed by atoms with Gasteiger partial charge in [0.2, 0.25) is 5.88 Å². The van der Waals surface area contributed by atoms with Gasteiger partial charge in [-0.25, -0.2) is 0 Å². The lowest BCUT2D eigenvalue weighted by atomic mass is 10.1. The van der Waals surface area contributed by atoms with Crippen molar-refractivity contribution >= 4 is 0 Å². The largest absolute Gasteiger partial charge is 0.475 e. The number of ether oxygens (including phenoxy) is 1. The van der Waals surface area contributed by atoms with Crippen LogP contribution in [0.4, 0.5) is 0 Å². The van der Waals surface area contributed by atoms with Gasteiger partial charge < -0.3 is 10.1 Å². The van der Waals surface area contributed by atoms with Crippen LogP contribution in [0, 0.1) is 0 Å². The summed E-state index contributed by atoms with van der Waals surface area (Å²) in [5.41, 5.74) is 0.960. The lowest BCUT2D eigenvalue weighted by Gasteiger charge is -2.25. The quantitative estimate of drug-likeness (QED) is 0.735. The zero-order valence-corrected chi connectivity index (χ0v) is 12.5. The first-order valence-electron chi connectivity index (χ1n) is 7.77. The van der Waals surface area contributed by atoms with Crippen molar-refractivity contribution in [2.45, 2.75) is 39.2 Å². The first-order chi connectivity index (χ1) is 9.88. The third kappa shape index (κ3) is 5.43. The molecule has 1 saturated heterocycles. The maximum Gasteiger partial charge on any atom is 0.233 e. The highest BCUT2D eigenvalue weighted by Gasteiger charge is 2.09. The normalized spacial score (nSPS) is 16.2. The van der Waals surface area contributed by atoms with Crippen LogP contribution in [0.1, 0.15) is 38.3 Å². The van der Waals surface area contributed by atoms with E-state index in [4.69, 9.17) is 4.74 Å². The van der Waals surface area contributed by atoms with Gasteiger partial charge in [0.15, 0.2) is 0 Å². The van der Waals surface area contributed by atoms with E-state index < -0.39 is 0 Å². The Morgan fingerprint density at radius 3 is 2.75 bits per heavy atom. The lowest BCUT2D eigenvalue weighted by Crippen LogP contribution is -2.33. The second-order valence-electron chi connectivity index (χ2n) is 5.29. The van der Waals surface area contributed by atoms with Crippen molar-refractivity contribution in [3.63, 3.8) is 0 Å². The molecule has 1 aliphatic rings. The number of aromatic nitrogens is 2. The van der Waals surface area contributed by atoms with Gasteiger partial charge in [0, 0.05) is 19.2 Å². The molecule has 112 valence electrons. The van der Waals surface area contributed by atoms with Crippen LogP contribution in [-0.4, -0.2) is 47.9 Å². The Morgan fingerprint density at radius 2 is 2.05 bits per heavy atom. The number of rotatable bonds is 8. The van der Waals surface area contributed by atoms with Crippen molar-refractivity contribution < 1.29 is 4.74 Å². The maximum absolute atomic E-state index is 5.65. The standard InChI is InChI=1S/C15H26N4O/c1-2-8-16-13-14-6-7-15(18-17-14)20-12-11-19-9-4-3-5-10-19/h6-7,16H,2-5,8-13H2,1H3. The second kappa shape index (κ2) is 8.87. The monoisotopic (exact) mass is 278 g/mol. The van der Waals surface area contributed by atoms with Gasteiger partial charge in [0.05, 0.1) is 5.69 Å². The van der Waals surface area contributed by atoms with Crippen LogP contribution < -0.4 is 10.1 Å². The summed E-state index contributed by atoms with van der Waals surface area (Å²) in [4.78, 5) is 2.46. The zero-order chi connectivity index (χ0) is 14.0. The topological polar surface area (TPSA) is 50.3 Å². The van der Waals surface area contributed by atoms with Crippen LogP contribution in [0.3, 0.4) is 0 Å². The highest BCUT2D eigenvalue weighted by Crippen LogP contribution is 2.09. The van der Waals surface area contributed by atoms with Gasteiger partial charge in [-0.2, -0.15) is 5.10 Å².